The average Bonchev–Trinajstić information content (AvgIpc) is 2.42. The molecule has 3 heteroatoms. The van der Waals surface area contributed by atoms with E-state index in [9.17, 15) is 0 Å². The number of hydrogen-bond acceptors (Lipinski definition) is 2. The third-order valence-electron chi connectivity index (χ3n) is 4.08. The second-order valence-corrected chi connectivity index (χ2v) is 6.38. The number of hydrogen-bond donors (Lipinski definition) is 1. The van der Waals surface area contributed by atoms with E-state index in [1.165, 1.54) is 16.7 Å². The van der Waals surface area contributed by atoms with Crippen LogP contribution < -0.4 is 10.5 Å². The highest BCUT2D eigenvalue weighted by molar-refractivity contribution is 9.10. The van der Waals surface area contributed by atoms with Crippen molar-refractivity contribution in [3.05, 3.63) is 62.1 Å². The van der Waals surface area contributed by atoms with E-state index in [4.69, 9.17) is 10.5 Å². The second-order valence-electron chi connectivity index (χ2n) is 5.53. The SMILES string of the molecule is COc1c(C)cc(Br)c(C)c1C(N)c1c(C)cccc1C. The first kappa shape index (κ1) is 16.1. The molecular weight excluding hydrogens is 326 g/mol. The molecule has 2 aromatic carbocycles. The third-order valence-corrected chi connectivity index (χ3v) is 4.90. The van der Waals surface area contributed by atoms with Crippen LogP contribution in [0.15, 0.2) is 28.7 Å². The van der Waals surface area contributed by atoms with Gasteiger partial charge in [0.1, 0.15) is 5.75 Å². The molecule has 1 unspecified atom stereocenters. The van der Waals surface area contributed by atoms with Gasteiger partial charge in [-0.05, 0) is 61.6 Å². The van der Waals surface area contributed by atoms with E-state index in [0.29, 0.717) is 0 Å². The van der Waals surface area contributed by atoms with Crippen LogP contribution in [0.3, 0.4) is 0 Å². The van der Waals surface area contributed by atoms with Crippen LogP contribution in [0, 0.1) is 27.7 Å². The first-order valence-electron chi connectivity index (χ1n) is 7.03. The van der Waals surface area contributed by atoms with Gasteiger partial charge in [-0.2, -0.15) is 0 Å². The highest BCUT2D eigenvalue weighted by atomic mass is 79.9. The second kappa shape index (κ2) is 6.20. The van der Waals surface area contributed by atoms with Crippen LogP contribution in [-0.4, -0.2) is 7.11 Å². The first-order chi connectivity index (χ1) is 9.88. The molecule has 0 fully saturated rings. The van der Waals surface area contributed by atoms with Crippen molar-refractivity contribution in [2.45, 2.75) is 33.7 Å². The summed E-state index contributed by atoms with van der Waals surface area (Å²) in [5.74, 6) is 0.880. The Labute approximate surface area is 135 Å². The van der Waals surface area contributed by atoms with E-state index in [-0.39, 0.29) is 6.04 Å². The van der Waals surface area contributed by atoms with E-state index in [0.717, 1.165) is 26.9 Å². The predicted octanol–water partition coefficient (Wildman–Crippen LogP) is 4.74. The maximum absolute atomic E-state index is 6.63. The summed E-state index contributed by atoms with van der Waals surface area (Å²) >= 11 is 3.63. The summed E-state index contributed by atoms with van der Waals surface area (Å²) in [6.07, 6.45) is 0. The Bertz CT molecular complexity index is 659. The molecule has 0 aliphatic rings. The quantitative estimate of drug-likeness (QED) is 0.870. The molecule has 112 valence electrons. The molecule has 2 nitrogen and oxygen atoms in total. The van der Waals surface area contributed by atoms with Gasteiger partial charge in [-0.25, -0.2) is 0 Å². The molecular formula is C18H22BrNO. The van der Waals surface area contributed by atoms with Gasteiger partial charge in [0.2, 0.25) is 0 Å². The predicted molar refractivity (Wildman–Crippen MR) is 92.1 cm³/mol. The molecule has 0 bridgehead atoms. The molecule has 0 radical (unpaired) electrons. The zero-order valence-corrected chi connectivity index (χ0v) is 14.8. The van der Waals surface area contributed by atoms with E-state index >= 15 is 0 Å². The fraction of sp³-hybridized carbons (Fsp3) is 0.333. The lowest BCUT2D eigenvalue weighted by Gasteiger charge is -2.24. The Morgan fingerprint density at radius 2 is 1.57 bits per heavy atom. The minimum absolute atomic E-state index is 0.197. The van der Waals surface area contributed by atoms with Crippen molar-refractivity contribution in [2.24, 2.45) is 5.73 Å². The van der Waals surface area contributed by atoms with Crippen LogP contribution in [0.5, 0.6) is 5.75 Å². The lowest BCUT2D eigenvalue weighted by molar-refractivity contribution is 0.404. The molecule has 0 saturated carbocycles. The molecule has 0 amide bonds. The van der Waals surface area contributed by atoms with Gasteiger partial charge in [-0.3, -0.25) is 0 Å². The van der Waals surface area contributed by atoms with Crippen LogP contribution in [-0.2, 0) is 0 Å². The van der Waals surface area contributed by atoms with Gasteiger partial charge in [-0.15, -0.1) is 0 Å². The molecule has 0 heterocycles. The van der Waals surface area contributed by atoms with Crippen molar-refractivity contribution >= 4 is 15.9 Å². The maximum Gasteiger partial charge on any atom is 0.127 e. The molecule has 0 aliphatic heterocycles. The first-order valence-corrected chi connectivity index (χ1v) is 7.83. The van der Waals surface area contributed by atoms with Gasteiger partial charge in [0.05, 0.1) is 13.2 Å². The van der Waals surface area contributed by atoms with Gasteiger partial charge in [0, 0.05) is 10.0 Å². The van der Waals surface area contributed by atoms with Gasteiger partial charge in [0.15, 0.2) is 0 Å². The van der Waals surface area contributed by atoms with Crippen molar-refractivity contribution in [2.75, 3.05) is 7.11 Å². The highest BCUT2D eigenvalue weighted by Crippen LogP contribution is 2.39. The number of benzene rings is 2. The normalized spacial score (nSPS) is 12.3. The van der Waals surface area contributed by atoms with Crippen molar-refractivity contribution in [3.8, 4) is 5.75 Å². The molecule has 1 atom stereocenters. The fourth-order valence-corrected chi connectivity index (χ4v) is 3.54. The average molecular weight is 348 g/mol. The van der Waals surface area contributed by atoms with Crippen molar-refractivity contribution in [1.29, 1.82) is 0 Å². The number of rotatable bonds is 3. The van der Waals surface area contributed by atoms with Gasteiger partial charge in [0.25, 0.3) is 0 Å². The van der Waals surface area contributed by atoms with Crippen molar-refractivity contribution < 1.29 is 4.74 Å². The monoisotopic (exact) mass is 347 g/mol. The topological polar surface area (TPSA) is 35.2 Å². The Hall–Kier alpha value is -1.32. The Morgan fingerprint density at radius 1 is 1.00 bits per heavy atom. The number of methoxy groups -OCH3 is 1. The Kier molecular flexibility index (Phi) is 4.74. The van der Waals surface area contributed by atoms with E-state index < -0.39 is 0 Å². The molecule has 21 heavy (non-hydrogen) atoms. The number of ether oxygens (including phenoxy) is 1. The van der Waals surface area contributed by atoms with E-state index in [1.807, 2.05) is 6.92 Å². The van der Waals surface area contributed by atoms with Gasteiger partial charge in [-0.1, -0.05) is 34.1 Å². The molecule has 0 saturated heterocycles. The summed E-state index contributed by atoms with van der Waals surface area (Å²) < 4.78 is 6.70. The summed E-state index contributed by atoms with van der Waals surface area (Å²) in [4.78, 5) is 0. The smallest absolute Gasteiger partial charge is 0.127 e. The zero-order valence-electron chi connectivity index (χ0n) is 13.3. The van der Waals surface area contributed by atoms with Crippen LogP contribution in [0.2, 0.25) is 0 Å². The lowest BCUT2D eigenvalue weighted by atomic mass is 9.88. The molecule has 0 aromatic heterocycles. The summed E-state index contributed by atoms with van der Waals surface area (Å²) in [6, 6.07) is 8.16. The Morgan fingerprint density at radius 3 is 2.10 bits per heavy atom. The lowest BCUT2D eigenvalue weighted by Crippen LogP contribution is -2.18. The molecule has 2 aromatic rings. The van der Waals surface area contributed by atoms with Crippen LogP contribution in [0.1, 0.15) is 39.4 Å². The highest BCUT2D eigenvalue weighted by Gasteiger charge is 2.22. The fourth-order valence-electron chi connectivity index (χ4n) is 2.98. The Balaban J connectivity index is 2.71. The molecule has 0 aliphatic carbocycles. The molecule has 2 N–H and O–H groups in total. The van der Waals surface area contributed by atoms with Crippen molar-refractivity contribution in [1.82, 2.24) is 0 Å². The summed E-state index contributed by atoms with van der Waals surface area (Å²) in [5.41, 5.74) is 13.5. The molecule has 0 spiro atoms. The van der Waals surface area contributed by atoms with Crippen molar-refractivity contribution in [3.63, 3.8) is 0 Å². The number of halogens is 1. The largest absolute Gasteiger partial charge is 0.496 e. The molecule has 2 rings (SSSR count). The van der Waals surface area contributed by atoms with Crippen LogP contribution in [0.4, 0.5) is 0 Å². The maximum atomic E-state index is 6.63. The summed E-state index contributed by atoms with van der Waals surface area (Å²) in [5, 5.41) is 0. The van der Waals surface area contributed by atoms with E-state index in [1.54, 1.807) is 7.11 Å². The third kappa shape index (κ3) is 2.85. The van der Waals surface area contributed by atoms with Gasteiger partial charge >= 0.3 is 0 Å². The summed E-state index contributed by atoms with van der Waals surface area (Å²) in [6.45, 7) is 8.34. The summed E-state index contributed by atoms with van der Waals surface area (Å²) in [7, 11) is 1.70. The minimum Gasteiger partial charge on any atom is -0.496 e. The van der Waals surface area contributed by atoms with Crippen LogP contribution >= 0.6 is 15.9 Å². The number of nitrogens with two attached hydrogens (primary N) is 1. The minimum atomic E-state index is -0.197. The van der Waals surface area contributed by atoms with Gasteiger partial charge < -0.3 is 10.5 Å². The zero-order chi connectivity index (χ0) is 15.7. The van der Waals surface area contributed by atoms with E-state index in [2.05, 4.69) is 61.0 Å². The van der Waals surface area contributed by atoms with Crippen LogP contribution in [0.25, 0.3) is 0 Å². The standard InChI is InChI=1S/C18H22BrNO/c1-10-7-6-8-11(2)15(10)17(20)16-13(4)14(19)9-12(3)18(16)21-5/h6-9,17H,20H2,1-5H3. The number of aryl methyl sites for hydroxylation is 3.